The molecule has 1 unspecified atom stereocenters. The zero-order valence-electron chi connectivity index (χ0n) is 12.5. The van der Waals surface area contributed by atoms with E-state index in [1.54, 1.807) is 11.9 Å². The molecule has 1 heterocycles. The molecule has 0 spiro atoms. The van der Waals surface area contributed by atoms with Crippen LogP contribution in [0.15, 0.2) is 4.40 Å². The second kappa shape index (κ2) is 8.20. The van der Waals surface area contributed by atoms with Gasteiger partial charge in [-0.1, -0.05) is 46.8 Å². The Bertz CT molecular complexity index is 560. The van der Waals surface area contributed by atoms with Gasteiger partial charge in [-0.25, -0.2) is 4.40 Å². The predicted octanol–water partition coefficient (Wildman–Crippen LogP) is 2.31. The molecule has 0 bridgehead atoms. The van der Waals surface area contributed by atoms with E-state index in [2.05, 4.69) is 54.9 Å². The number of hydrogen-bond donors (Lipinski definition) is 1. The molecule has 0 saturated carbocycles. The van der Waals surface area contributed by atoms with Crippen molar-refractivity contribution in [3.05, 3.63) is 21.6 Å². The molecule has 106 valence electrons. The molecule has 4 heteroatoms. The van der Waals surface area contributed by atoms with Crippen molar-refractivity contribution in [1.82, 2.24) is 10.2 Å². The van der Waals surface area contributed by atoms with Gasteiger partial charge in [-0.2, -0.15) is 5.10 Å². The lowest BCUT2D eigenvalue weighted by Crippen LogP contribution is -2.44. The zero-order chi connectivity index (χ0) is 14.3. The lowest BCUT2D eigenvalue weighted by atomic mass is 10.2. The number of nitrogens with zero attached hydrogens (tertiary/aromatic N) is 2. The van der Waals surface area contributed by atoms with Crippen molar-refractivity contribution in [3.63, 3.8) is 0 Å². The molecule has 0 aliphatic carbocycles. The maximum atomic E-state index is 4.69. The van der Waals surface area contributed by atoms with Gasteiger partial charge in [0.25, 0.3) is 0 Å². The van der Waals surface area contributed by atoms with Gasteiger partial charge in [0, 0.05) is 10.5 Å². The van der Waals surface area contributed by atoms with Crippen LogP contribution in [0.5, 0.6) is 0 Å². The number of nitrogens with one attached hydrogen (secondary N) is 1. The third kappa shape index (κ3) is 4.53. The Morgan fingerprint density at radius 1 is 1.42 bits per heavy atom. The minimum atomic E-state index is 0.525. The molecule has 0 aromatic carbocycles. The van der Waals surface area contributed by atoms with E-state index in [1.807, 2.05) is 0 Å². The fourth-order valence-corrected chi connectivity index (χ4v) is 2.30. The van der Waals surface area contributed by atoms with Crippen molar-refractivity contribution in [3.8, 4) is 0 Å². The van der Waals surface area contributed by atoms with Crippen LogP contribution >= 0.6 is 11.9 Å². The SMILES string of the molecule is C=c1c(CCC)n[nH]/c(=C/CC)c1=NSC(C)CC. The number of aromatic nitrogens is 2. The Morgan fingerprint density at radius 2 is 2.16 bits per heavy atom. The quantitative estimate of drug-likeness (QED) is 0.812. The summed E-state index contributed by atoms with van der Waals surface area (Å²) in [6.07, 6.45) is 6.20. The van der Waals surface area contributed by atoms with Crippen LogP contribution in [0.1, 0.15) is 52.7 Å². The van der Waals surface area contributed by atoms with E-state index in [0.717, 1.165) is 47.3 Å². The Kier molecular flexibility index (Phi) is 6.92. The molecule has 0 aliphatic rings. The average Bonchev–Trinajstić information content (AvgIpc) is 2.41. The second-order valence-corrected chi connectivity index (χ2v) is 5.89. The molecule has 19 heavy (non-hydrogen) atoms. The molecule has 0 amide bonds. The van der Waals surface area contributed by atoms with Gasteiger partial charge in [0.1, 0.15) is 5.36 Å². The highest BCUT2D eigenvalue weighted by Gasteiger charge is 2.01. The van der Waals surface area contributed by atoms with Crippen molar-refractivity contribution >= 4 is 24.6 Å². The van der Waals surface area contributed by atoms with Crippen molar-refractivity contribution in [2.45, 2.75) is 58.6 Å². The molecule has 1 rings (SSSR count). The zero-order valence-corrected chi connectivity index (χ0v) is 13.3. The first-order valence-corrected chi connectivity index (χ1v) is 7.94. The Labute approximate surface area is 120 Å². The third-order valence-electron chi connectivity index (χ3n) is 2.99. The van der Waals surface area contributed by atoms with Gasteiger partial charge in [-0.05, 0) is 31.2 Å². The van der Waals surface area contributed by atoms with Crippen molar-refractivity contribution in [1.29, 1.82) is 0 Å². The van der Waals surface area contributed by atoms with Crippen LogP contribution in [0.2, 0.25) is 0 Å². The molecule has 1 N–H and O–H groups in total. The van der Waals surface area contributed by atoms with Crippen LogP contribution in [0.4, 0.5) is 0 Å². The van der Waals surface area contributed by atoms with Crippen LogP contribution < -0.4 is 15.9 Å². The van der Waals surface area contributed by atoms with Crippen LogP contribution in [0.3, 0.4) is 0 Å². The lowest BCUT2D eigenvalue weighted by Gasteiger charge is -2.03. The summed E-state index contributed by atoms with van der Waals surface area (Å²) in [7, 11) is 0. The molecule has 0 radical (unpaired) electrons. The van der Waals surface area contributed by atoms with Gasteiger partial charge < -0.3 is 0 Å². The molecule has 0 fully saturated rings. The first kappa shape index (κ1) is 16.0. The molecule has 3 nitrogen and oxygen atoms in total. The van der Waals surface area contributed by atoms with E-state index in [1.165, 1.54) is 0 Å². The molecular weight excluding hydrogens is 254 g/mol. The summed E-state index contributed by atoms with van der Waals surface area (Å²) in [5, 5.41) is 11.0. The fraction of sp³-hybridized carbons (Fsp3) is 0.600. The van der Waals surface area contributed by atoms with Crippen molar-refractivity contribution in [2.24, 2.45) is 4.40 Å². The highest BCUT2D eigenvalue weighted by atomic mass is 32.2. The van der Waals surface area contributed by atoms with Gasteiger partial charge in [0.15, 0.2) is 0 Å². The fourth-order valence-electron chi connectivity index (χ4n) is 1.66. The summed E-state index contributed by atoms with van der Waals surface area (Å²) < 4.78 is 4.69. The number of rotatable bonds is 6. The Hall–Kier alpha value is -1.03. The number of aryl methyl sites for hydroxylation is 1. The van der Waals surface area contributed by atoms with Crippen LogP contribution in [0.25, 0.3) is 12.7 Å². The molecule has 1 aromatic heterocycles. The first-order valence-electron chi connectivity index (χ1n) is 7.10. The monoisotopic (exact) mass is 279 g/mol. The minimum absolute atomic E-state index is 0.525. The van der Waals surface area contributed by atoms with Crippen LogP contribution in [0, 0.1) is 0 Å². The maximum absolute atomic E-state index is 4.69. The van der Waals surface area contributed by atoms with E-state index in [-0.39, 0.29) is 0 Å². The summed E-state index contributed by atoms with van der Waals surface area (Å²) in [6.45, 7) is 12.8. The maximum Gasteiger partial charge on any atom is 0.104 e. The third-order valence-corrected chi connectivity index (χ3v) is 3.98. The van der Waals surface area contributed by atoms with Gasteiger partial charge in [-0.3, -0.25) is 5.10 Å². The minimum Gasteiger partial charge on any atom is -0.276 e. The van der Waals surface area contributed by atoms with Gasteiger partial charge >= 0.3 is 0 Å². The van der Waals surface area contributed by atoms with E-state index >= 15 is 0 Å². The predicted molar refractivity (Wildman–Crippen MR) is 85.0 cm³/mol. The largest absolute Gasteiger partial charge is 0.276 e. The standard InChI is InChI=1S/C15H25N3S/c1-6-9-13-12(5)15(18-19-11(4)8-3)14(10-7-2)17-16-13/h10-11,17H,5-9H2,1-4H3/b14-10+,18-15?. The summed E-state index contributed by atoms with van der Waals surface area (Å²) in [5.41, 5.74) is 1.03. The highest BCUT2D eigenvalue weighted by Crippen LogP contribution is 2.12. The number of aromatic amines is 1. The highest BCUT2D eigenvalue weighted by molar-refractivity contribution is 7.98. The first-order chi connectivity index (χ1) is 9.13. The Morgan fingerprint density at radius 3 is 2.74 bits per heavy atom. The van der Waals surface area contributed by atoms with E-state index < -0.39 is 0 Å². The normalized spacial score (nSPS) is 14.9. The van der Waals surface area contributed by atoms with Gasteiger partial charge in [-0.15, -0.1) is 0 Å². The van der Waals surface area contributed by atoms with Crippen molar-refractivity contribution < 1.29 is 0 Å². The van der Waals surface area contributed by atoms with E-state index in [4.69, 9.17) is 0 Å². The summed E-state index contributed by atoms with van der Waals surface area (Å²) in [4.78, 5) is 0. The topological polar surface area (TPSA) is 41.0 Å². The summed E-state index contributed by atoms with van der Waals surface area (Å²) in [6, 6.07) is 0. The number of hydrogen-bond acceptors (Lipinski definition) is 3. The average molecular weight is 279 g/mol. The summed E-state index contributed by atoms with van der Waals surface area (Å²) in [5.74, 6) is 0. The Balaban J connectivity index is 3.35. The second-order valence-electron chi connectivity index (χ2n) is 4.69. The van der Waals surface area contributed by atoms with E-state index in [0.29, 0.717) is 5.25 Å². The lowest BCUT2D eigenvalue weighted by molar-refractivity contribution is 0.808. The van der Waals surface area contributed by atoms with E-state index in [9.17, 15) is 0 Å². The molecule has 0 aliphatic heterocycles. The number of H-pyrrole nitrogens is 1. The van der Waals surface area contributed by atoms with Crippen LogP contribution in [-0.4, -0.2) is 15.4 Å². The smallest absolute Gasteiger partial charge is 0.104 e. The van der Waals surface area contributed by atoms with Gasteiger partial charge in [0.2, 0.25) is 0 Å². The molecule has 0 saturated heterocycles. The van der Waals surface area contributed by atoms with Crippen LogP contribution in [-0.2, 0) is 6.42 Å². The van der Waals surface area contributed by atoms with Crippen molar-refractivity contribution in [2.75, 3.05) is 0 Å². The molecule has 1 aromatic rings. The molecular formula is C15H25N3S. The van der Waals surface area contributed by atoms with Gasteiger partial charge in [0.05, 0.1) is 11.0 Å². The molecule has 1 atom stereocenters. The summed E-state index contributed by atoms with van der Waals surface area (Å²) >= 11 is 1.63.